The summed E-state index contributed by atoms with van der Waals surface area (Å²) in [6, 6.07) is 0. The van der Waals surface area contributed by atoms with Gasteiger partial charge in [0.1, 0.15) is 0 Å². The van der Waals surface area contributed by atoms with Gasteiger partial charge in [-0.05, 0) is 32.4 Å². The highest BCUT2D eigenvalue weighted by Gasteiger charge is 2.73. The normalized spacial score (nSPS) is 45.4. The van der Waals surface area contributed by atoms with Crippen LogP contribution in [0.4, 0.5) is 0 Å². The third-order valence-electron chi connectivity index (χ3n) is 2.89. The molecule has 1 heterocycles. The SMILES string of the molecule is CC1=CC(=O)[C@@]2(C)O[C@@]2(C)C1=O. The molecule has 1 saturated heterocycles. The van der Waals surface area contributed by atoms with E-state index in [9.17, 15) is 9.59 Å². The van der Waals surface area contributed by atoms with Gasteiger partial charge in [-0.15, -0.1) is 0 Å². The van der Waals surface area contributed by atoms with Gasteiger partial charge in [0.15, 0.2) is 22.8 Å². The Kier molecular flexibility index (Phi) is 1.08. The molecule has 0 bridgehead atoms. The van der Waals surface area contributed by atoms with Gasteiger partial charge in [0.2, 0.25) is 0 Å². The van der Waals surface area contributed by atoms with E-state index in [1.165, 1.54) is 6.08 Å². The molecular weight excluding hydrogens is 156 g/mol. The second kappa shape index (κ2) is 1.69. The molecule has 0 aromatic carbocycles. The first-order valence-corrected chi connectivity index (χ1v) is 3.89. The van der Waals surface area contributed by atoms with Crippen LogP contribution in [-0.2, 0) is 14.3 Å². The number of carbonyl (C=O) groups excluding carboxylic acids is 2. The Morgan fingerprint density at radius 3 is 2.42 bits per heavy atom. The Hall–Kier alpha value is -0.960. The summed E-state index contributed by atoms with van der Waals surface area (Å²) >= 11 is 0. The minimum atomic E-state index is -0.872. The largest absolute Gasteiger partial charge is 0.346 e. The second-order valence-electron chi connectivity index (χ2n) is 3.69. The molecule has 0 saturated carbocycles. The Labute approximate surface area is 70.4 Å². The summed E-state index contributed by atoms with van der Waals surface area (Å²) < 4.78 is 5.20. The van der Waals surface area contributed by atoms with Crippen molar-refractivity contribution in [3.05, 3.63) is 11.6 Å². The van der Waals surface area contributed by atoms with Crippen molar-refractivity contribution in [2.45, 2.75) is 32.0 Å². The number of fused-ring (bicyclic) bond motifs is 1. The average molecular weight is 166 g/mol. The van der Waals surface area contributed by atoms with E-state index in [0.717, 1.165) is 0 Å². The first-order chi connectivity index (χ1) is 5.42. The van der Waals surface area contributed by atoms with Crippen LogP contribution >= 0.6 is 0 Å². The molecular formula is C9H10O3. The van der Waals surface area contributed by atoms with Crippen LogP contribution in [0.5, 0.6) is 0 Å². The van der Waals surface area contributed by atoms with Crippen molar-refractivity contribution < 1.29 is 14.3 Å². The van der Waals surface area contributed by atoms with Crippen LogP contribution in [0.1, 0.15) is 20.8 Å². The predicted octanol–water partition coefficient (Wildman–Crippen LogP) is 0.632. The van der Waals surface area contributed by atoms with Crippen molar-refractivity contribution in [1.29, 1.82) is 0 Å². The molecule has 0 unspecified atom stereocenters. The van der Waals surface area contributed by atoms with Crippen molar-refractivity contribution >= 4 is 11.6 Å². The molecule has 1 aliphatic heterocycles. The summed E-state index contributed by atoms with van der Waals surface area (Å²) in [4.78, 5) is 22.9. The maximum Gasteiger partial charge on any atom is 0.193 e. The van der Waals surface area contributed by atoms with E-state index in [-0.39, 0.29) is 11.6 Å². The van der Waals surface area contributed by atoms with Crippen LogP contribution in [0, 0.1) is 0 Å². The predicted molar refractivity (Wildman–Crippen MR) is 41.7 cm³/mol. The number of ether oxygens (including phenoxy) is 1. The van der Waals surface area contributed by atoms with Crippen molar-refractivity contribution in [3.8, 4) is 0 Å². The van der Waals surface area contributed by atoms with Gasteiger partial charge in [0.25, 0.3) is 0 Å². The van der Waals surface area contributed by atoms with Crippen LogP contribution in [0.3, 0.4) is 0 Å². The Balaban J connectivity index is 2.54. The highest BCUT2D eigenvalue weighted by atomic mass is 16.6. The van der Waals surface area contributed by atoms with Crippen LogP contribution in [0.2, 0.25) is 0 Å². The number of carbonyl (C=O) groups is 2. The molecule has 1 fully saturated rings. The summed E-state index contributed by atoms with van der Waals surface area (Å²) in [7, 11) is 0. The third kappa shape index (κ3) is 0.569. The van der Waals surface area contributed by atoms with Crippen molar-refractivity contribution in [2.75, 3.05) is 0 Å². The first-order valence-electron chi connectivity index (χ1n) is 3.89. The van der Waals surface area contributed by atoms with E-state index in [0.29, 0.717) is 5.57 Å². The molecule has 0 radical (unpaired) electrons. The zero-order chi connectivity index (χ0) is 9.15. The van der Waals surface area contributed by atoms with Gasteiger partial charge in [0.05, 0.1) is 0 Å². The highest BCUT2D eigenvalue weighted by molar-refractivity contribution is 6.20. The molecule has 3 heteroatoms. The highest BCUT2D eigenvalue weighted by Crippen LogP contribution is 2.52. The van der Waals surface area contributed by atoms with E-state index in [2.05, 4.69) is 0 Å². The molecule has 0 aromatic rings. The molecule has 1 aliphatic carbocycles. The quantitative estimate of drug-likeness (QED) is 0.496. The molecule has 0 amide bonds. The van der Waals surface area contributed by atoms with E-state index in [1.807, 2.05) is 0 Å². The number of epoxide rings is 1. The van der Waals surface area contributed by atoms with Crippen LogP contribution in [0.25, 0.3) is 0 Å². The Bertz CT molecular complexity index is 329. The van der Waals surface area contributed by atoms with Crippen molar-refractivity contribution in [3.63, 3.8) is 0 Å². The minimum absolute atomic E-state index is 0.0652. The monoisotopic (exact) mass is 166 g/mol. The summed E-state index contributed by atoms with van der Waals surface area (Å²) in [5.41, 5.74) is -1.25. The lowest BCUT2D eigenvalue weighted by Crippen LogP contribution is -2.39. The second-order valence-corrected chi connectivity index (χ2v) is 3.69. The lowest BCUT2D eigenvalue weighted by molar-refractivity contribution is -0.123. The summed E-state index contributed by atoms with van der Waals surface area (Å²) in [5.74, 6) is -0.160. The number of Topliss-reactive ketones (excluding diaryl/α,β-unsaturated/α-hetero) is 1. The van der Waals surface area contributed by atoms with Gasteiger partial charge in [-0.1, -0.05) is 0 Å². The zero-order valence-corrected chi connectivity index (χ0v) is 7.30. The fraction of sp³-hybridized carbons (Fsp3) is 0.556. The van der Waals surface area contributed by atoms with Gasteiger partial charge in [-0.2, -0.15) is 0 Å². The van der Waals surface area contributed by atoms with Gasteiger partial charge >= 0.3 is 0 Å². The van der Waals surface area contributed by atoms with Crippen LogP contribution in [0.15, 0.2) is 11.6 Å². The van der Waals surface area contributed by atoms with Gasteiger partial charge < -0.3 is 4.74 Å². The molecule has 0 aromatic heterocycles. The summed E-state index contributed by atoms with van der Waals surface area (Å²) in [5, 5.41) is 0. The number of hydrogen-bond donors (Lipinski definition) is 0. The number of rotatable bonds is 0. The van der Waals surface area contributed by atoms with Crippen molar-refractivity contribution in [2.24, 2.45) is 0 Å². The fourth-order valence-electron chi connectivity index (χ4n) is 1.71. The number of hydrogen-bond acceptors (Lipinski definition) is 3. The maximum absolute atomic E-state index is 11.5. The van der Waals surface area contributed by atoms with Gasteiger partial charge in [-0.25, -0.2) is 0 Å². The Morgan fingerprint density at radius 1 is 1.25 bits per heavy atom. The smallest absolute Gasteiger partial charge is 0.193 e. The zero-order valence-electron chi connectivity index (χ0n) is 7.30. The fourth-order valence-corrected chi connectivity index (χ4v) is 1.71. The lowest BCUT2D eigenvalue weighted by atomic mass is 9.81. The van der Waals surface area contributed by atoms with E-state index in [1.54, 1.807) is 20.8 Å². The average Bonchev–Trinajstić information content (AvgIpc) is 2.55. The van der Waals surface area contributed by atoms with Crippen LogP contribution in [-0.4, -0.2) is 22.8 Å². The molecule has 0 N–H and O–H groups in total. The third-order valence-corrected chi connectivity index (χ3v) is 2.89. The molecule has 3 nitrogen and oxygen atoms in total. The van der Waals surface area contributed by atoms with E-state index < -0.39 is 11.2 Å². The Morgan fingerprint density at radius 2 is 1.83 bits per heavy atom. The van der Waals surface area contributed by atoms with Gasteiger partial charge in [-0.3, -0.25) is 9.59 Å². The molecule has 2 rings (SSSR count). The summed E-state index contributed by atoms with van der Waals surface area (Å²) in [6.07, 6.45) is 1.37. The van der Waals surface area contributed by atoms with Gasteiger partial charge in [0, 0.05) is 0 Å². The van der Waals surface area contributed by atoms with Crippen LogP contribution < -0.4 is 0 Å². The minimum Gasteiger partial charge on any atom is -0.346 e. The summed E-state index contributed by atoms with van der Waals surface area (Å²) in [6.45, 7) is 4.98. The molecule has 2 aliphatic rings. The standard InChI is InChI=1S/C9H10O3/c1-5-4-6(10)8(2)9(3,12-8)7(5)11/h4H,1-3H3/t8-,9+/m1/s1. The van der Waals surface area contributed by atoms with Crippen molar-refractivity contribution in [1.82, 2.24) is 0 Å². The molecule has 0 spiro atoms. The topological polar surface area (TPSA) is 46.7 Å². The lowest BCUT2D eigenvalue weighted by Gasteiger charge is -2.14. The molecule has 64 valence electrons. The number of ketones is 2. The molecule has 2 atom stereocenters. The van der Waals surface area contributed by atoms with E-state index in [4.69, 9.17) is 4.74 Å². The maximum atomic E-state index is 11.5. The van der Waals surface area contributed by atoms with E-state index >= 15 is 0 Å². The first kappa shape index (κ1) is 7.68. The molecule has 12 heavy (non-hydrogen) atoms.